The lowest BCUT2D eigenvalue weighted by atomic mass is 9.43. The third-order valence-corrected chi connectivity index (χ3v) is 16.3. The molecule has 0 unspecified atom stereocenters. The van der Waals surface area contributed by atoms with Crippen LogP contribution < -0.4 is 15.7 Å². The molecule has 14 rings (SSSR count). The Morgan fingerprint density at radius 1 is 0.516 bits per heavy atom. The second-order valence-electron chi connectivity index (χ2n) is 19.7. The average Bonchev–Trinajstić information content (AvgIpc) is 4.02. The Kier molecular flexibility index (Phi) is 6.70. The molecule has 0 atom stereocenters. The van der Waals surface area contributed by atoms with Gasteiger partial charge in [-0.3, -0.25) is 0 Å². The highest BCUT2D eigenvalue weighted by molar-refractivity contribution is 7.26. The van der Waals surface area contributed by atoms with Crippen molar-refractivity contribution in [3.8, 4) is 16.8 Å². The molecule has 0 radical (unpaired) electrons. The molecule has 0 aliphatic carbocycles. The van der Waals surface area contributed by atoms with Crippen molar-refractivity contribution in [3.63, 3.8) is 0 Å². The fourth-order valence-electron chi connectivity index (χ4n) is 11.1. The van der Waals surface area contributed by atoms with E-state index in [-0.39, 0.29) is 17.7 Å². The number of anilines is 2. The Bertz CT molecular complexity index is 3960. The second kappa shape index (κ2) is 11.8. The summed E-state index contributed by atoms with van der Waals surface area (Å²) in [7, 11) is 0. The van der Waals surface area contributed by atoms with Crippen LogP contribution in [0.2, 0.25) is 0 Å². The molecule has 3 nitrogen and oxygen atoms in total. The Hall–Kier alpha value is -6.34. The zero-order valence-electron chi connectivity index (χ0n) is 35.5. The molecule has 0 amide bonds. The summed E-state index contributed by atoms with van der Waals surface area (Å²) in [6.07, 6.45) is 0. The van der Waals surface area contributed by atoms with Gasteiger partial charge in [0.25, 0.3) is 0 Å². The standard InChI is InChI=1S/C56H41BN2OS2/c1-55(2,3)30-19-22-32(23-20-30)59-42-29-48-36(33-13-8-11-17-45(33)62-48)26-39(42)49-50-35-15-7-10-16-44(35)60-54(50)51-38-25-31(56(4,5)6)21-24-41(38)58-43-27-37-34-14-9-12-18-46(34)61-47(37)28-40(43)57(59)52(49)53(51)58/h7-29H,1-6H3. The maximum Gasteiger partial charge on any atom is 0.333 e. The number of thiophene rings is 2. The zero-order valence-corrected chi connectivity index (χ0v) is 37.1. The van der Waals surface area contributed by atoms with Gasteiger partial charge in [-0.25, -0.2) is 0 Å². The first-order valence-electron chi connectivity index (χ1n) is 21.8. The number of furan rings is 1. The van der Waals surface area contributed by atoms with E-state index in [9.17, 15) is 0 Å². The van der Waals surface area contributed by atoms with Crippen LogP contribution in [-0.4, -0.2) is 11.4 Å². The third kappa shape index (κ3) is 4.51. The molecule has 12 aromatic rings. The lowest BCUT2D eigenvalue weighted by Gasteiger charge is -2.42. The van der Waals surface area contributed by atoms with Gasteiger partial charge < -0.3 is 13.8 Å². The summed E-state index contributed by atoms with van der Waals surface area (Å²) in [5.74, 6) is 0. The Labute approximate surface area is 367 Å². The lowest BCUT2D eigenvalue weighted by Crippen LogP contribution is -2.60. The summed E-state index contributed by atoms with van der Waals surface area (Å²) < 4.78 is 15.1. The minimum absolute atomic E-state index is 0.0319. The summed E-state index contributed by atoms with van der Waals surface area (Å²) in [5, 5.41) is 10.1. The molecule has 8 aromatic carbocycles. The molecular weight excluding hydrogens is 792 g/mol. The maximum absolute atomic E-state index is 7.23. The van der Waals surface area contributed by atoms with Gasteiger partial charge in [0, 0.05) is 79.1 Å². The Balaban J connectivity index is 1.24. The van der Waals surface area contributed by atoms with E-state index in [1.54, 1.807) is 0 Å². The van der Waals surface area contributed by atoms with Crippen LogP contribution in [-0.2, 0) is 10.8 Å². The topological polar surface area (TPSA) is 21.3 Å². The molecular formula is C56H41BN2OS2. The molecule has 2 aliphatic rings. The van der Waals surface area contributed by atoms with Crippen LogP contribution in [0.15, 0.2) is 144 Å². The molecule has 296 valence electrons. The highest BCUT2D eigenvalue weighted by atomic mass is 32.1. The molecule has 0 saturated heterocycles. The van der Waals surface area contributed by atoms with Crippen LogP contribution in [0, 0.1) is 0 Å². The quantitative estimate of drug-likeness (QED) is 0.154. The molecule has 62 heavy (non-hydrogen) atoms. The highest BCUT2D eigenvalue weighted by Crippen LogP contribution is 2.53. The Morgan fingerprint density at radius 2 is 1.15 bits per heavy atom. The number of hydrogen-bond donors (Lipinski definition) is 0. The van der Waals surface area contributed by atoms with Gasteiger partial charge in [-0.2, -0.15) is 0 Å². The minimum Gasteiger partial charge on any atom is -0.455 e. The minimum atomic E-state index is -0.117. The highest BCUT2D eigenvalue weighted by Gasteiger charge is 2.46. The number of para-hydroxylation sites is 1. The number of fused-ring (bicyclic) bond motifs is 19. The van der Waals surface area contributed by atoms with Gasteiger partial charge >= 0.3 is 6.85 Å². The SMILES string of the molecule is CC(C)(C)c1ccc(N2B3c4cc5sc6ccccc6c5cc4-n4c5ccc(C(C)(C)C)cc5c5c6oc7ccccc7c6c(c3c54)-c3cc4c(cc32)sc2ccccc24)cc1. The van der Waals surface area contributed by atoms with E-state index in [1.165, 1.54) is 118 Å². The number of nitrogens with zero attached hydrogens (tertiary/aromatic N) is 2. The molecule has 2 aliphatic heterocycles. The Morgan fingerprint density at radius 3 is 1.85 bits per heavy atom. The van der Waals surface area contributed by atoms with Gasteiger partial charge in [0.15, 0.2) is 0 Å². The molecule has 6 heteroatoms. The fraction of sp³-hybridized carbons (Fsp3) is 0.143. The smallest absolute Gasteiger partial charge is 0.333 e. The van der Waals surface area contributed by atoms with Crippen LogP contribution in [0.1, 0.15) is 52.7 Å². The van der Waals surface area contributed by atoms with Crippen LogP contribution in [0.5, 0.6) is 0 Å². The van der Waals surface area contributed by atoms with Gasteiger partial charge in [-0.15, -0.1) is 22.7 Å². The molecule has 4 aromatic heterocycles. The fourth-order valence-corrected chi connectivity index (χ4v) is 13.3. The van der Waals surface area contributed by atoms with E-state index >= 15 is 0 Å². The van der Waals surface area contributed by atoms with Crippen LogP contribution in [0.4, 0.5) is 11.4 Å². The van der Waals surface area contributed by atoms with Gasteiger partial charge in [0.1, 0.15) is 11.2 Å². The number of benzene rings is 8. The van der Waals surface area contributed by atoms with E-state index in [4.69, 9.17) is 4.42 Å². The van der Waals surface area contributed by atoms with Crippen molar-refractivity contribution in [2.45, 2.75) is 52.4 Å². The summed E-state index contributed by atoms with van der Waals surface area (Å²) >= 11 is 3.81. The van der Waals surface area contributed by atoms with Crippen LogP contribution in [0.3, 0.4) is 0 Å². The largest absolute Gasteiger partial charge is 0.455 e. The molecule has 0 fully saturated rings. The van der Waals surface area contributed by atoms with Crippen molar-refractivity contribution in [2.24, 2.45) is 0 Å². The predicted molar refractivity (Wildman–Crippen MR) is 270 cm³/mol. The van der Waals surface area contributed by atoms with Crippen LogP contribution >= 0.6 is 22.7 Å². The average molecular weight is 833 g/mol. The molecule has 6 heterocycles. The maximum atomic E-state index is 7.23. The van der Waals surface area contributed by atoms with E-state index in [2.05, 4.69) is 190 Å². The van der Waals surface area contributed by atoms with Crippen molar-refractivity contribution in [3.05, 3.63) is 151 Å². The van der Waals surface area contributed by atoms with E-state index in [0.29, 0.717) is 0 Å². The van der Waals surface area contributed by atoms with Gasteiger partial charge in [0.2, 0.25) is 0 Å². The van der Waals surface area contributed by atoms with Crippen molar-refractivity contribution in [1.29, 1.82) is 0 Å². The van der Waals surface area contributed by atoms with E-state index in [1.807, 2.05) is 22.7 Å². The number of hydrogen-bond acceptors (Lipinski definition) is 4. The normalized spacial score (nSPS) is 13.9. The third-order valence-electron chi connectivity index (χ3n) is 14.1. The number of rotatable bonds is 1. The summed E-state index contributed by atoms with van der Waals surface area (Å²) in [4.78, 5) is 2.70. The zero-order chi connectivity index (χ0) is 41.6. The lowest BCUT2D eigenvalue weighted by molar-refractivity contribution is 0.590. The first kappa shape index (κ1) is 35.3. The molecule has 0 N–H and O–H groups in total. The van der Waals surface area contributed by atoms with Gasteiger partial charge in [-0.05, 0) is 105 Å². The predicted octanol–water partition coefficient (Wildman–Crippen LogP) is 15.3. The van der Waals surface area contributed by atoms with Crippen molar-refractivity contribution >= 4 is 136 Å². The summed E-state index contributed by atoms with van der Waals surface area (Å²) in [6, 6.07) is 53.3. The first-order chi connectivity index (χ1) is 30.0. The van der Waals surface area contributed by atoms with Crippen molar-refractivity contribution in [2.75, 3.05) is 4.81 Å². The second-order valence-corrected chi connectivity index (χ2v) is 21.8. The van der Waals surface area contributed by atoms with Crippen molar-refractivity contribution < 1.29 is 4.42 Å². The number of aromatic nitrogens is 1. The van der Waals surface area contributed by atoms with Crippen molar-refractivity contribution in [1.82, 2.24) is 4.57 Å². The van der Waals surface area contributed by atoms with Crippen LogP contribution in [0.25, 0.3) is 101 Å². The first-order valence-corrected chi connectivity index (χ1v) is 23.4. The van der Waals surface area contributed by atoms with Gasteiger partial charge in [0.05, 0.1) is 16.4 Å². The van der Waals surface area contributed by atoms with Gasteiger partial charge in [-0.1, -0.05) is 114 Å². The molecule has 0 saturated carbocycles. The summed E-state index contributed by atoms with van der Waals surface area (Å²) in [6.45, 7) is 13.8. The molecule has 0 bridgehead atoms. The monoisotopic (exact) mass is 832 g/mol. The van der Waals surface area contributed by atoms with E-state index in [0.717, 1.165) is 16.6 Å². The van der Waals surface area contributed by atoms with E-state index < -0.39 is 0 Å². The summed E-state index contributed by atoms with van der Waals surface area (Å²) in [5.41, 5.74) is 15.9. The molecule has 0 spiro atoms.